The Bertz CT molecular complexity index is 806. The van der Waals surface area contributed by atoms with Gasteiger partial charge < -0.3 is 14.5 Å². The predicted molar refractivity (Wildman–Crippen MR) is 92.1 cm³/mol. The Morgan fingerprint density at radius 1 is 1.38 bits per heavy atom. The molecule has 6 heteroatoms. The molecule has 1 aliphatic rings. The summed E-state index contributed by atoms with van der Waals surface area (Å²) in [5.74, 6) is 0.884. The Morgan fingerprint density at radius 3 is 2.83 bits per heavy atom. The van der Waals surface area contributed by atoms with Crippen LogP contribution in [0, 0.1) is 13.8 Å². The number of amides is 1. The van der Waals surface area contributed by atoms with Crippen molar-refractivity contribution in [1.29, 1.82) is 0 Å². The van der Waals surface area contributed by atoms with Gasteiger partial charge in [0, 0.05) is 43.6 Å². The molecule has 0 aliphatic carbocycles. The molecule has 1 saturated heterocycles. The van der Waals surface area contributed by atoms with Gasteiger partial charge >= 0.3 is 0 Å². The Hall–Kier alpha value is -2.37. The van der Waals surface area contributed by atoms with Gasteiger partial charge in [0.15, 0.2) is 0 Å². The second kappa shape index (κ2) is 6.63. The van der Waals surface area contributed by atoms with Crippen molar-refractivity contribution in [3.63, 3.8) is 0 Å². The van der Waals surface area contributed by atoms with Crippen molar-refractivity contribution in [3.05, 3.63) is 51.5 Å². The van der Waals surface area contributed by atoms with E-state index in [1.807, 2.05) is 32.0 Å². The average molecular weight is 328 g/mol. The molecule has 1 unspecified atom stereocenters. The Balaban J connectivity index is 1.72. The molecule has 1 aliphatic heterocycles. The van der Waals surface area contributed by atoms with Gasteiger partial charge in [0.2, 0.25) is 0 Å². The number of likely N-dealkylation sites (tertiary alicyclic amines) is 1. The van der Waals surface area contributed by atoms with E-state index in [-0.39, 0.29) is 23.1 Å². The zero-order valence-corrected chi connectivity index (χ0v) is 14.5. The number of H-pyrrole nitrogens is 1. The highest BCUT2D eigenvalue weighted by Gasteiger charge is 2.30. The summed E-state index contributed by atoms with van der Waals surface area (Å²) in [6, 6.07) is 3.58. The van der Waals surface area contributed by atoms with Crippen LogP contribution in [-0.2, 0) is 13.5 Å². The number of imidazole rings is 1. The molecule has 0 radical (unpaired) electrons. The monoisotopic (exact) mass is 328 g/mol. The summed E-state index contributed by atoms with van der Waals surface area (Å²) in [6.45, 7) is 4.56. The highest BCUT2D eigenvalue weighted by atomic mass is 16.2. The number of aryl methyl sites for hydroxylation is 3. The first-order valence-electron chi connectivity index (χ1n) is 8.45. The van der Waals surface area contributed by atoms with Crippen molar-refractivity contribution in [1.82, 2.24) is 19.4 Å². The van der Waals surface area contributed by atoms with Crippen LogP contribution in [0.4, 0.5) is 0 Å². The first-order valence-corrected chi connectivity index (χ1v) is 8.45. The van der Waals surface area contributed by atoms with E-state index in [9.17, 15) is 9.59 Å². The summed E-state index contributed by atoms with van der Waals surface area (Å²) in [4.78, 5) is 33.8. The third-order valence-electron chi connectivity index (χ3n) is 4.94. The van der Waals surface area contributed by atoms with Crippen molar-refractivity contribution in [2.45, 2.75) is 45.6 Å². The summed E-state index contributed by atoms with van der Waals surface area (Å²) in [5.41, 5.74) is 1.83. The fourth-order valence-corrected chi connectivity index (χ4v) is 3.37. The third kappa shape index (κ3) is 3.13. The quantitative estimate of drug-likeness (QED) is 0.932. The second-order valence-electron chi connectivity index (χ2n) is 6.59. The minimum absolute atomic E-state index is 0.158. The maximum atomic E-state index is 12.8. The zero-order chi connectivity index (χ0) is 17.3. The van der Waals surface area contributed by atoms with Crippen LogP contribution in [0.5, 0.6) is 0 Å². The van der Waals surface area contributed by atoms with Gasteiger partial charge in [-0.15, -0.1) is 0 Å². The summed E-state index contributed by atoms with van der Waals surface area (Å²) in [7, 11) is 2.01. The lowest BCUT2D eigenvalue weighted by Gasteiger charge is -2.24. The van der Waals surface area contributed by atoms with E-state index in [4.69, 9.17) is 0 Å². The molecule has 1 amide bonds. The lowest BCUT2D eigenvalue weighted by Crippen LogP contribution is -2.38. The molecule has 6 nitrogen and oxygen atoms in total. The van der Waals surface area contributed by atoms with E-state index in [0.29, 0.717) is 0 Å². The van der Waals surface area contributed by atoms with Gasteiger partial charge in [-0.25, -0.2) is 4.98 Å². The zero-order valence-electron chi connectivity index (χ0n) is 14.5. The molecule has 2 aromatic rings. The minimum Gasteiger partial charge on any atom is -0.335 e. The summed E-state index contributed by atoms with van der Waals surface area (Å²) in [5, 5.41) is 0. The van der Waals surface area contributed by atoms with Gasteiger partial charge in [0.1, 0.15) is 11.4 Å². The molecule has 1 fully saturated rings. The van der Waals surface area contributed by atoms with Crippen molar-refractivity contribution in [2.24, 2.45) is 7.05 Å². The van der Waals surface area contributed by atoms with E-state index in [1.165, 1.54) is 0 Å². The lowest BCUT2D eigenvalue weighted by molar-refractivity contribution is 0.0728. The molecule has 3 heterocycles. The number of aromatic nitrogens is 3. The average Bonchev–Trinajstić information content (AvgIpc) is 3.13. The van der Waals surface area contributed by atoms with Crippen LogP contribution >= 0.6 is 0 Å². The molecule has 1 N–H and O–H groups in total. The molecule has 1 atom stereocenters. The topological polar surface area (TPSA) is 71.0 Å². The highest BCUT2D eigenvalue weighted by Crippen LogP contribution is 2.23. The molecule has 0 aromatic carbocycles. The molecular weight excluding hydrogens is 304 g/mol. The standard InChI is InChI=1S/C18H24N4O2/c1-12-6-8-15(17(23)20-12)18(24)22-10-4-5-14(22)7-9-16-19-11-13(2)21(16)3/h6,8,11,14H,4-5,7,9-10H2,1-3H3,(H,20,23). The fourth-order valence-electron chi connectivity index (χ4n) is 3.37. The molecular formula is C18H24N4O2. The number of carbonyl (C=O) groups is 1. The summed E-state index contributed by atoms with van der Waals surface area (Å²) >= 11 is 0. The van der Waals surface area contributed by atoms with Gasteiger partial charge in [0.05, 0.1) is 0 Å². The van der Waals surface area contributed by atoms with Crippen LogP contribution in [0.2, 0.25) is 0 Å². The lowest BCUT2D eigenvalue weighted by atomic mass is 10.1. The van der Waals surface area contributed by atoms with Crippen molar-refractivity contribution >= 4 is 5.91 Å². The normalized spacial score (nSPS) is 17.5. The number of hydrogen-bond acceptors (Lipinski definition) is 3. The third-order valence-corrected chi connectivity index (χ3v) is 4.94. The fraction of sp³-hybridized carbons (Fsp3) is 0.500. The first-order chi connectivity index (χ1) is 11.5. The number of nitrogens with zero attached hydrogens (tertiary/aromatic N) is 3. The largest absolute Gasteiger partial charge is 0.335 e. The molecule has 0 saturated carbocycles. The van der Waals surface area contributed by atoms with Crippen molar-refractivity contribution in [2.75, 3.05) is 6.54 Å². The second-order valence-corrected chi connectivity index (χ2v) is 6.59. The van der Waals surface area contributed by atoms with Gasteiger partial charge in [-0.05, 0) is 45.2 Å². The molecule has 0 spiro atoms. The smallest absolute Gasteiger partial charge is 0.260 e. The van der Waals surface area contributed by atoms with Crippen LogP contribution in [0.15, 0.2) is 23.1 Å². The number of pyridine rings is 1. The van der Waals surface area contributed by atoms with Crippen LogP contribution in [0.3, 0.4) is 0 Å². The van der Waals surface area contributed by atoms with E-state index in [2.05, 4.69) is 14.5 Å². The SMILES string of the molecule is Cc1ccc(C(=O)N2CCCC2CCc2ncc(C)n2C)c(=O)[nH]1. The van der Waals surface area contributed by atoms with Crippen LogP contribution < -0.4 is 5.56 Å². The van der Waals surface area contributed by atoms with E-state index >= 15 is 0 Å². The van der Waals surface area contributed by atoms with E-state index in [0.717, 1.165) is 49.4 Å². The molecule has 128 valence electrons. The molecule has 24 heavy (non-hydrogen) atoms. The van der Waals surface area contributed by atoms with Crippen molar-refractivity contribution < 1.29 is 4.79 Å². The maximum Gasteiger partial charge on any atom is 0.260 e. The van der Waals surface area contributed by atoms with Crippen molar-refractivity contribution in [3.8, 4) is 0 Å². The molecule has 3 rings (SSSR count). The highest BCUT2D eigenvalue weighted by molar-refractivity contribution is 5.94. The van der Waals surface area contributed by atoms with Crippen LogP contribution in [0.1, 0.15) is 46.8 Å². The Kier molecular flexibility index (Phi) is 4.55. The van der Waals surface area contributed by atoms with Crippen LogP contribution in [0.25, 0.3) is 0 Å². The first kappa shape index (κ1) is 16.5. The maximum absolute atomic E-state index is 12.8. The predicted octanol–water partition coefficient (Wildman–Crippen LogP) is 1.96. The number of hydrogen-bond donors (Lipinski definition) is 1. The number of rotatable bonds is 4. The molecule has 2 aromatic heterocycles. The van der Waals surface area contributed by atoms with E-state index < -0.39 is 0 Å². The van der Waals surface area contributed by atoms with Crippen LogP contribution in [-0.4, -0.2) is 37.9 Å². The van der Waals surface area contributed by atoms with Gasteiger partial charge in [0.25, 0.3) is 11.5 Å². The van der Waals surface area contributed by atoms with Gasteiger partial charge in [-0.3, -0.25) is 9.59 Å². The van der Waals surface area contributed by atoms with E-state index in [1.54, 1.807) is 12.1 Å². The van der Waals surface area contributed by atoms with Gasteiger partial charge in [-0.2, -0.15) is 0 Å². The number of carbonyl (C=O) groups excluding carboxylic acids is 1. The summed E-state index contributed by atoms with van der Waals surface area (Å²) in [6.07, 6.45) is 5.56. The molecule has 0 bridgehead atoms. The number of aromatic amines is 1. The summed E-state index contributed by atoms with van der Waals surface area (Å²) < 4.78 is 2.09. The Morgan fingerprint density at radius 2 is 2.17 bits per heavy atom. The minimum atomic E-state index is -0.301. The Labute approximate surface area is 141 Å². The van der Waals surface area contributed by atoms with Gasteiger partial charge in [-0.1, -0.05) is 0 Å². The number of nitrogens with one attached hydrogen (secondary N) is 1.